The van der Waals surface area contributed by atoms with Gasteiger partial charge in [-0.2, -0.15) is 0 Å². The summed E-state index contributed by atoms with van der Waals surface area (Å²) >= 11 is 0. The summed E-state index contributed by atoms with van der Waals surface area (Å²) in [6.07, 6.45) is 2.99. The van der Waals surface area contributed by atoms with Crippen LogP contribution >= 0.6 is 0 Å². The van der Waals surface area contributed by atoms with E-state index in [-0.39, 0.29) is 5.91 Å². The molecule has 1 aromatic carbocycles. The Morgan fingerprint density at radius 3 is 2.79 bits per heavy atom. The first-order valence-electron chi connectivity index (χ1n) is 6.93. The highest BCUT2D eigenvalue weighted by Crippen LogP contribution is 2.44. The number of nitrogens with zero attached hydrogens (tertiary/aromatic N) is 1. The van der Waals surface area contributed by atoms with Crippen LogP contribution in [-0.4, -0.2) is 41.1 Å². The highest BCUT2D eigenvalue weighted by molar-refractivity contribution is 5.95. The Labute approximate surface area is 113 Å². The van der Waals surface area contributed by atoms with Gasteiger partial charge in [-0.15, -0.1) is 0 Å². The van der Waals surface area contributed by atoms with E-state index in [2.05, 4.69) is 0 Å². The first kappa shape index (κ1) is 12.6. The standard InChI is InChI=1S/C15H20N2O2/c16-7-6-11-2-1-3-12(8-11)14(18)17-9-15(19,10-17)13-4-5-13/h1-3,8,13,19H,4-7,9-10,16H2. The highest BCUT2D eigenvalue weighted by Gasteiger charge is 2.53. The van der Waals surface area contributed by atoms with Crippen LogP contribution in [-0.2, 0) is 6.42 Å². The predicted octanol–water partition coefficient (Wildman–Crippen LogP) is 0.785. The van der Waals surface area contributed by atoms with Crippen molar-refractivity contribution in [3.05, 3.63) is 35.4 Å². The average Bonchev–Trinajstić information content (AvgIpc) is 3.19. The SMILES string of the molecule is NCCc1cccc(C(=O)N2CC(O)(C3CC3)C2)c1. The Kier molecular flexibility index (Phi) is 3.07. The molecule has 2 aliphatic rings. The molecule has 1 heterocycles. The lowest BCUT2D eigenvalue weighted by Crippen LogP contribution is -2.64. The quantitative estimate of drug-likeness (QED) is 0.841. The number of rotatable bonds is 4. The van der Waals surface area contributed by atoms with Gasteiger partial charge in [-0.1, -0.05) is 12.1 Å². The monoisotopic (exact) mass is 260 g/mol. The molecule has 1 aliphatic carbocycles. The topological polar surface area (TPSA) is 66.6 Å². The molecule has 0 bridgehead atoms. The van der Waals surface area contributed by atoms with Crippen molar-refractivity contribution in [2.45, 2.75) is 24.9 Å². The zero-order chi connectivity index (χ0) is 13.5. The summed E-state index contributed by atoms with van der Waals surface area (Å²) in [5.74, 6) is 0.435. The fourth-order valence-corrected chi connectivity index (χ4v) is 2.85. The molecule has 1 aromatic rings. The van der Waals surface area contributed by atoms with Crippen molar-refractivity contribution in [2.75, 3.05) is 19.6 Å². The molecule has 1 saturated carbocycles. The van der Waals surface area contributed by atoms with Gasteiger partial charge < -0.3 is 15.7 Å². The van der Waals surface area contributed by atoms with Crippen LogP contribution in [0.15, 0.2) is 24.3 Å². The minimum absolute atomic E-state index is 0.0178. The lowest BCUT2D eigenvalue weighted by atomic mass is 9.88. The van der Waals surface area contributed by atoms with Crippen LogP contribution in [0.4, 0.5) is 0 Å². The van der Waals surface area contributed by atoms with Crippen molar-refractivity contribution in [1.82, 2.24) is 4.90 Å². The third-order valence-electron chi connectivity index (χ3n) is 4.16. The number of likely N-dealkylation sites (tertiary alicyclic amines) is 1. The van der Waals surface area contributed by atoms with Crippen molar-refractivity contribution in [3.63, 3.8) is 0 Å². The van der Waals surface area contributed by atoms with Crippen LogP contribution < -0.4 is 5.73 Å². The van der Waals surface area contributed by atoms with Crippen molar-refractivity contribution in [3.8, 4) is 0 Å². The number of benzene rings is 1. The molecule has 1 amide bonds. The maximum Gasteiger partial charge on any atom is 0.254 e. The minimum Gasteiger partial charge on any atom is -0.386 e. The normalized spacial score (nSPS) is 21.1. The number of hydrogen-bond donors (Lipinski definition) is 2. The Morgan fingerprint density at radius 1 is 1.42 bits per heavy atom. The maximum absolute atomic E-state index is 12.3. The molecule has 0 atom stereocenters. The van der Waals surface area contributed by atoms with Crippen LogP contribution in [0.1, 0.15) is 28.8 Å². The van der Waals surface area contributed by atoms with Crippen LogP contribution in [0.2, 0.25) is 0 Å². The summed E-state index contributed by atoms with van der Waals surface area (Å²) in [4.78, 5) is 14.0. The number of nitrogens with two attached hydrogens (primary N) is 1. The van der Waals surface area contributed by atoms with E-state index in [9.17, 15) is 9.90 Å². The molecule has 4 nitrogen and oxygen atoms in total. The zero-order valence-corrected chi connectivity index (χ0v) is 11.0. The van der Waals surface area contributed by atoms with Gasteiger partial charge in [0, 0.05) is 5.56 Å². The molecule has 1 saturated heterocycles. The molecule has 102 valence electrons. The number of carbonyl (C=O) groups excluding carboxylic acids is 1. The third kappa shape index (κ3) is 2.38. The van der Waals surface area contributed by atoms with E-state index < -0.39 is 5.60 Å². The van der Waals surface area contributed by atoms with E-state index in [1.165, 1.54) is 0 Å². The van der Waals surface area contributed by atoms with Gasteiger partial charge in [0.1, 0.15) is 5.60 Å². The Morgan fingerprint density at radius 2 is 2.16 bits per heavy atom. The van der Waals surface area contributed by atoms with E-state index in [0.29, 0.717) is 31.1 Å². The van der Waals surface area contributed by atoms with Gasteiger partial charge in [0.05, 0.1) is 13.1 Å². The van der Waals surface area contributed by atoms with Gasteiger partial charge in [0.15, 0.2) is 0 Å². The summed E-state index contributed by atoms with van der Waals surface area (Å²) in [5, 5.41) is 10.2. The van der Waals surface area contributed by atoms with Gasteiger partial charge in [-0.25, -0.2) is 0 Å². The second-order valence-corrected chi connectivity index (χ2v) is 5.78. The van der Waals surface area contributed by atoms with Gasteiger partial charge in [-0.3, -0.25) is 4.79 Å². The molecule has 0 spiro atoms. The van der Waals surface area contributed by atoms with E-state index in [1.807, 2.05) is 24.3 Å². The average molecular weight is 260 g/mol. The smallest absolute Gasteiger partial charge is 0.254 e. The second kappa shape index (κ2) is 4.62. The second-order valence-electron chi connectivity index (χ2n) is 5.78. The Balaban J connectivity index is 1.66. The predicted molar refractivity (Wildman–Crippen MR) is 72.8 cm³/mol. The summed E-state index contributed by atoms with van der Waals surface area (Å²) in [7, 11) is 0. The van der Waals surface area contributed by atoms with Crippen molar-refractivity contribution in [2.24, 2.45) is 11.7 Å². The van der Waals surface area contributed by atoms with Crippen molar-refractivity contribution in [1.29, 1.82) is 0 Å². The third-order valence-corrected chi connectivity index (χ3v) is 4.16. The van der Waals surface area contributed by atoms with Crippen LogP contribution in [0, 0.1) is 5.92 Å². The summed E-state index contributed by atoms with van der Waals surface area (Å²) in [5.41, 5.74) is 6.71. The van der Waals surface area contributed by atoms with E-state index >= 15 is 0 Å². The molecule has 4 heteroatoms. The Bertz CT molecular complexity index is 491. The van der Waals surface area contributed by atoms with E-state index in [4.69, 9.17) is 5.73 Å². The van der Waals surface area contributed by atoms with Gasteiger partial charge in [0.25, 0.3) is 5.91 Å². The minimum atomic E-state index is -0.607. The summed E-state index contributed by atoms with van der Waals surface area (Å²) in [6, 6.07) is 7.62. The molecule has 3 N–H and O–H groups in total. The Hall–Kier alpha value is -1.39. The van der Waals surface area contributed by atoms with Crippen LogP contribution in [0.5, 0.6) is 0 Å². The van der Waals surface area contributed by atoms with Gasteiger partial charge in [-0.05, 0) is 49.4 Å². The fraction of sp³-hybridized carbons (Fsp3) is 0.533. The molecule has 0 radical (unpaired) electrons. The molecular weight excluding hydrogens is 240 g/mol. The maximum atomic E-state index is 12.3. The molecule has 2 fully saturated rings. The largest absolute Gasteiger partial charge is 0.386 e. The first-order chi connectivity index (χ1) is 9.12. The van der Waals surface area contributed by atoms with Crippen LogP contribution in [0.3, 0.4) is 0 Å². The van der Waals surface area contributed by atoms with Gasteiger partial charge >= 0.3 is 0 Å². The summed E-state index contributed by atoms with van der Waals surface area (Å²) in [6.45, 7) is 1.55. The number of amides is 1. The fourth-order valence-electron chi connectivity index (χ4n) is 2.85. The van der Waals surface area contributed by atoms with Crippen molar-refractivity contribution >= 4 is 5.91 Å². The van der Waals surface area contributed by atoms with Gasteiger partial charge in [0.2, 0.25) is 0 Å². The number of hydrogen-bond acceptors (Lipinski definition) is 3. The van der Waals surface area contributed by atoms with Crippen LogP contribution in [0.25, 0.3) is 0 Å². The lowest BCUT2D eigenvalue weighted by Gasteiger charge is -2.47. The number of β-amino-alcohol motifs (C(OH)–C–C–N with tert-alkyl or cyclic N) is 1. The van der Waals surface area contributed by atoms with Crippen molar-refractivity contribution < 1.29 is 9.90 Å². The first-order valence-corrected chi connectivity index (χ1v) is 6.93. The number of carbonyl (C=O) groups is 1. The molecule has 19 heavy (non-hydrogen) atoms. The molecular formula is C15H20N2O2. The van der Waals surface area contributed by atoms with E-state index in [0.717, 1.165) is 24.8 Å². The molecule has 0 aromatic heterocycles. The molecule has 3 rings (SSSR count). The highest BCUT2D eigenvalue weighted by atomic mass is 16.3. The molecule has 1 aliphatic heterocycles. The van der Waals surface area contributed by atoms with E-state index in [1.54, 1.807) is 4.90 Å². The summed E-state index contributed by atoms with van der Waals surface area (Å²) < 4.78 is 0. The zero-order valence-electron chi connectivity index (χ0n) is 11.0. The lowest BCUT2D eigenvalue weighted by molar-refractivity contribution is -0.0958. The molecule has 0 unspecified atom stereocenters. The number of aliphatic hydroxyl groups is 1.